The van der Waals surface area contributed by atoms with E-state index in [-0.39, 0.29) is 5.91 Å². The van der Waals surface area contributed by atoms with Crippen molar-refractivity contribution >= 4 is 17.5 Å². The van der Waals surface area contributed by atoms with Crippen LogP contribution in [0.15, 0.2) is 30.5 Å². The van der Waals surface area contributed by atoms with E-state index in [1.165, 1.54) is 0 Å². The van der Waals surface area contributed by atoms with Gasteiger partial charge in [0.15, 0.2) is 0 Å². The Hall–Kier alpha value is -1.98. The molecule has 2 aromatic rings. The fraction of sp³-hybridized carbons (Fsp3) is 0.450. The molecule has 0 saturated carbocycles. The molecule has 1 saturated heterocycles. The molecule has 1 aliphatic heterocycles. The molecule has 2 heterocycles. The molecule has 0 radical (unpaired) electrons. The van der Waals surface area contributed by atoms with E-state index in [9.17, 15) is 4.79 Å². The van der Waals surface area contributed by atoms with Crippen LogP contribution in [0.5, 0.6) is 0 Å². The number of likely N-dealkylation sites (tertiary alicyclic amines) is 1. The van der Waals surface area contributed by atoms with Crippen molar-refractivity contribution in [1.29, 1.82) is 0 Å². The molecule has 1 aliphatic rings. The van der Waals surface area contributed by atoms with Gasteiger partial charge in [-0.1, -0.05) is 23.7 Å². The number of benzene rings is 1. The molecule has 0 unspecified atom stereocenters. The smallest absolute Gasteiger partial charge is 0.226 e. The highest BCUT2D eigenvalue weighted by atomic mass is 35.5. The van der Waals surface area contributed by atoms with Crippen LogP contribution in [-0.4, -0.2) is 41.0 Å². The van der Waals surface area contributed by atoms with Gasteiger partial charge in [0.1, 0.15) is 5.82 Å². The van der Waals surface area contributed by atoms with Crippen LogP contribution in [0.2, 0.25) is 5.02 Å². The minimum atomic E-state index is 0.154. The second kappa shape index (κ2) is 8.60. The second-order valence-corrected chi connectivity index (χ2v) is 7.16. The Kier molecular flexibility index (Phi) is 6.22. The maximum Gasteiger partial charge on any atom is 0.226 e. The molecule has 5 nitrogen and oxygen atoms in total. The third-order valence-electron chi connectivity index (χ3n) is 4.80. The van der Waals surface area contributed by atoms with Gasteiger partial charge in [-0.3, -0.25) is 4.79 Å². The van der Waals surface area contributed by atoms with Crippen molar-refractivity contribution in [2.24, 2.45) is 0 Å². The van der Waals surface area contributed by atoms with Crippen molar-refractivity contribution < 1.29 is 9.53 Å². The maximum atomic E-state index is 12.6. The molecular weight excluding hydrogens is 350 g/mol. The summed E-state index contributed by atoms with van der Waals surface area (Å²) in [5, 5.41) is 0.666. The third-order valence-corrected chi connectivity index (χ3v) is 5.03. The SMILES string of the molecule is COCc1cnc(C)nc1C1CCN(C(=O)Cc2cccc(Cl)c2)CC1. The summed E-state index contributed by atoms with van der Waals surface area (Å²) >= 11 is 6.01. The number of nitrogens with zero attached hydrogens (tertiary/aromatic N) is 3. The summed E-state index contributed by atoms with van der Waals surface area (Å²) < 4.78 is 5.28. The Bertz CT molecular complexity index is 773. The van der Waals surface area contributed by atoms with Gasteiger partial charge in [-0.05, 0) is 37.5 Å². The van der Waals surface area contributed by atoms with Gasteiger partial charge in [-0.25, -0.2) is 9.97 Å². The van der Waals surface area contributed by atoms with Crippen LogP contribution >= 0.6 is 11.6 Å². The highest BCUT2D eigenvalue weighted by Gasteiger charge is 2.26. The molecule has 0 aliphatic carbocycles. The zero-order valence-corrected chi connectivity index (χ0v) is 16.0. The lowest BCUT2D eigenvalue weighted by Gasteiger charge is -2.32. The molecule has 26 heavy (non-hydrogen) atoms. The predicted octanol–water partition coefficient (Wildman–Crippen LogP) is 3.53. The highest BCUT2D eigenvalue weighted by Crippen LogP contribution is 2.29. The molecule has 0 N–H and O–H groups in total. The van der Waals surface area contributed by atoms with Crippen LogP contribution in [0, 0.1) is 6.92 Å². The van der Waals surface area contributed by atoms with E-state index >= 15 is 0 Å². The monoisotopic (exact) mass is 373 g/mol. The van der Waals surface area contributed by atoms with Crippen molar-refractivity contribution in [2.45, 2.75) is 38.7 Å². The summed E-state index contributed by atoms with van der Waals surface area (Å²) in [6.07, 6.45) is 4.08. The standard InChI is InChI=1S/C20H24ClN3O2/c1-14-22-12-17(13-26-2)20(23-14)16-6-8-24(9-7-16)19(25)11-15-4-3-5-18(21)10-15/h3-5,10,12,16H,6-9,11,13H2,1-2H3. The van der Waals surface area contributed by atoms with Crippen LogP contribution < -0.4 is 0 Å². The molecule has 1 amide bonds. The van der Waals surface area contributed by atoms with Crippen molar-refractivity contribution in [3.63, 3.8) is 0 Å². The van der Waals surface area contributed by atoms with Crippen LogP contribution in [0.3, 0.4) is 0 Å². The highest BCUT2D eigenvalue weighted by molar-refractivity contribution is 6.30. The molecule has 6 heteroatoms. The normalized spacial score (nSPS) is 15.3. The van der Waals surface area contributed by atoms with Crippen LogP contribution in [0.4, 0.5) is 0 Å². The van der Waals surface area contributed by atoms with Crippen LogP contribution in [0.25, 0.3) is 0 Å². The average molecular weight is 374 g/mol. The first-order valence-corrected chi connectivity index (χ1v) is 9.28. The first-order chi connectivity index (χ1) is 12.6. The summed E-state index contributed by atoms with van der Waals surface area (Å²) in [4.78, 5) is 23.5. The van der Waals surface area contributed by atoms with Gasteiger partial charge < -0.3 is 9.64 Å². The second-order valence-electron chi connectivity index (χ2n) is 6.72. The zero-order valence-electron chi connectivity index (χ0n) is 15.2. The van der Waals surface area contributed by atoms with E-state index in [0.717, 1.165) is 48.6 Å². The van der Waals surface area contributed by atoms with Crippen molar-refractivity contribution in [2.75, 3.05) is 20.2 Å². The Balaban J connectivity index is 1.62. The Labute approximate surface area is 159 Å². The summed E-state index contributed by atoms with van der Waals surface area (Å²) in [5.41, 5.74) is 3.07. The van der Waals surface area contributed by atoms with Crippen molar-refractivity contribution in [1.82, 2.24) is 14.9 Å². The molecule has 3 rings (SSSR count). The minimum absolute atomic E-state index is 0.154. The number of hydrogen-bond acceptors (Lipinski definition) is 4. The fourth-order valence-electron chi connectivity index (χ4n) is 3.47. The van der Waals surface area contributed by atoms with Gasteiger partial charge in [0.05, 0.1) is 18.7 Å². The summed E-state index contributed by atoms with van der Waals surface area (Å²) in [6.45, 7) is 3.92. The van der Waals surface area contributed by atoms with E-state index in [2.05, 4.69) is 9.97 Å². The van der Waals surface area contributed by atoms with E-state index in [1.54, 1.807) is 7.11 Å². The first-order valence-electron chi connectivity index (χ1n) is 8.90. The van der Waals surface area contributed by atoms with Crippen LogP contribution in [-0.2, 0) is 22.6 Å². The number of piperidine rings is 1. The largest absolute Gasteiger partial charge is 0.380 e. The number of amides is 1. The molecule has 1 fully saturated rings. The van der Waals surface area contributed by atoms with Gasteiger partial charge in [-0.2, -0.15) is 0 Å². The average Bonchev–Trinajstić information content (AvgIpc) is 2.63. The first kappa shape index (κ1) is 18.8. The van der Waals surface area contributed by atoms with E-state index in [0.29, 0.717) is 24.0 Å². The van der Waals surface area contributed by atoms with Gasteiger partial charge in [0, 0.05) is 42.9 Å². The lowest BCUT2D eigenvalue weighted by atomic mass is 9.90. The van der Waals surface area contributed by atoms with Gasteiger partial charge in [0.25, 0.3) is 0 Å². The summed E-state index contributed by atoms with van der Waals surface area (Å²) in [5.74, 6) is 1.28. The number of methoxy groups -OCH3 is 1. The molecular formula is C20H24ClN3O2. The van der Waals surface area contributed by atoms with E-state index in [4.69, 9.17) is 16.3 Å². The lowest BCUT2D eigenvalue weighted by Crippen LogP contribution is -2.39. The van der Waals surface area contributed by atoms with Crippen molar-refractivity contribution in [3.8, 4) is 0 Å². The van der Waals surface area contributed by atoms with Crippen molar-refractivity contribution in [3.05, 3.63) is 58.1 Å². The number of aryl methyl sites for hydroxylation is 1. The Morgan fingerprint density at radius 2 is 2.12 bits per heavy atom. The van der Waals surface area contributed by atoms with Gasteiger partial charge in [0.2, 0.25) is 5.91 Å². The lowest BCUT2D eigenvalue weighted by molar-refractivity contribution is -0.131. The maximum absolute atomic E-state index is 12.6. The number of carbonyl (C=O) groups is 1. The predicted molar refractivity (Wildman–Crippen MR) is 101 cm³/mol. The molecule has 0 atom stereocenters. The van der Waals surface area contributed by atoms with E-state index < -0.39 is 0 Å². The number of hydrogen-bond donors (Lipinski definition) is 0. The quantitative estimate of drug-likeness (QED) is 0.804. The van der Waals surface area contributed by atoms with E-state index in [1.807, 2.05) is 42.3 Å². The molecule has 138 valence electrons. The molecule has 1 aromatic carbocycles. The summed E-state index contributed by atoms with van der Waals surface area (Å²) in [6, 6.07) is 7.50. The number of aromatic nitrogens is 2. The number of ether oxygens (including phenoxy) is 1. The fourth-order valence-corrected chi connectivity index (χ4v) is 3.68. The minimum Gasteiger partial charge on any atom is -0.380 e. The molecule has 1 aromatic heterocycles. The van der Waals surface area contributed by atoms with Gasteiger partial charge >= 0.3 is 0 Å². The number of carbonyl (C=O) groups excluding carboxylic acids is 1. The molecule has 0 spiro atoms. The topological polar surface area (TPSA) is 55.3 Å². The summed E-state index contributed by atoms with van der Waals surface area (Å²) in [7, 11) is 1.68. The zero-order chi connectivity index (χ0) is 18.5. The number of halogens is 1. The third kappa shape index (κ3) is 4.59. The molecule has 0 bridgehead atoms. The van der Waals surface area contributed by atoms with Crippen LogP contribution in [0.1, 0.15) is 41.4 Å². The van der Waals surface area contributed by atoms with Gasteiger partial charge in [-0.15, -0.1) is 0 Å². The Morgan fingerprint density at radius 1 is 1.35 bits per heavy atom. The number of rotatable bonds is 5. The Morgan fingerprint density at radius 3 is 2.81 bits per heavy atom.